The summed E-state index contributed by atoms with van der Waals surface area (Å²) < 4.78 is 10.5. The molecule has 0 unspecified atom stereocenters. The zero-order valence-corrected chi connectivity index (χ0v) is 12.0. The lowest BCUT2D eigenvalue weighted by Gasteiger charge is -2.18. The third-order valence-corrected chi connectivity index (χ3v) is 4.13. The van der Waals surface area contributed by atoms with E-state index in [4.69, 9.17) is 9.47 Å². The predicted molar refractivity (Wildman–Crippen MR) is 77.4 cm³/mol. The molecule has 5 heteroatoms. The second kappa shape index (κ2) is 5.24. The van der Waals surface area contributed by atoms with Crippen LogP contribution in [0.15, 0.2) is 30.4 Å². The highest BCUT2D eigenvalue weighted by Crippen LogP contribution is 2.41. The molecule has 1 aromatic rings. The average Bonchev–Trinajstić information content (AvgIpc) is 2.78. The van der Waals surface area contributed by atoms with E-state index in [0.29, 0.717) is 30.0 Å². The fourth-order valence-corrected chi connectivity index (χ4v) is 3.01. The van der Waals surface area contributed by atoms with Crippen molar-refractivity contribution in [3.63, 3.8) is 0 Å². The van der Waals surface area contributed by atoms with Crippen molar-refractivity contribution >= 4 is 17.5 Å². The first kappa shape index (κ1) is 13.7. The number of hydrogen-bond acceptors (Lipinski definition) is 4. The molecule has 5 nitrogen and oxygen atoms in total. The molecule has 1 saturated heterocycles. The summed E-state index contributed by atoms with van der Waals surface area (Å²) in [6, 6.07) is 5.11. The van der Waals surface area contributed by atoms with E-state index < -0.39 is 0 Å². The molecule has 0 N–H and O–H groups in total. The number of ether oxygens (including phenoxy) is 2. The molecule has 1 heterocycles. The molecule has 110 valence electrons. The molecule has 1 aliphatic carbocycles. The van der Waals surface area contributed by atoms with Gasteiger partial charge in [-0.25, -0.2) is 4.90 Å². The van der Waals surface area contributed by atoms with Gasteiger partial charge in [-0.1, -0.05) is 12.2 Å². The third kappa shape index (κ3) is 2.09. The summed E-state index contributed by atoms with van der Waals surface area (Å²) in [5.74, 6) is 0.266. The average molecular weight is 287 g/mol. The van der Waals surface area contributed by atoms with Gasteiger partial charge in [-0.3, -0.25) is 9.59 Å². The number of imide groups is 1. The zero-order chi connectivity index (χ0) is 15.0. The van der Waals surface area contributed by atoms with Gasteiger partial charge in [0.2, 0.25) is 11.8 Å². The van der Waals surface area contributed by atoms with Crippen LogP contribution in [0.1, 0.15) is 12.8 Å². The van der Waals surface area contributed by atoms with Crippen molar-refractivity contribution in [2.75, 3.05) is 19.1 Å². The molecule has 0 radical (unpaired) electrons. The molecule has 0 saturated carbocycles. The molecular weight excluding hydrogens is 270 g/mol. The van der Waals surface area contributed by atoms with Crippen LogP contribution in [-0.2, 0) is 9.59 Å². The van der Waals surface area contributed by atoms with Crippen LogP contribution in [0, 0.1) is 11.8 Å². The van der Waals surface area contributed by atoms with E-state index in [1.165, 1.54) is 12.0 Å². The number of anilines is 1. The molecule has 1 fully saturated rings. The van der Waals surface area contributed by atoms with Crippen LogP contribution in [0.2, 0.25) is 0 Å². The number of benzene rings is 1. The Morgan fingerprint density at radius 1 is 1.00 bits per heavy atom. The van der Waals surface area contributed by atoms with E-state index in [0.717, 1.165) is 0 Å². The lowest BCUT2D eigenvalue weighted by atomic mass is 9.85. The molecule has 1 aliphatic heterocycles. The van der Waals surface area contributed by atoms with Crippen LogP contribution in [0.5, 0.6) is 11.5 Å². The number of amides is 2. The quantitative estimate of drug-likeness (QED) is 0.631. The lowest BCUT2D eigenvalue weighted by Crippen LogP contribution is -2.31. The Balaban J connectivity index is 2.04. The summed E-state index contributed by atoms with van der Waals surface area (Å²) in [6.45, 7) is 0. The van der Waals surface area contributed by atoms with Crippen LogP contribution in [-0.4, -0.2) is 26.0 Å². The van der Waals surface area contributed by atoms with Crippen molar-refractivity contribution in [1.29, 1.82) is 0 Å². The summed E-state index contributed by atoms with van der Waals surface area (Å²) in [7, 11) is 3.06. The van der Waals surface area contributed by atoms with Crippen LogP contribution in [0.3, 0.4) is 0 Å². The number of carbonyl (C=O) groups excluding carboxylic acids is 2. The SMILES string of the molecule is COc1ccc(OC)c(N2C(=O)[C@H]3CC=CC[C@@H]3C2=O)c1. The lowest BCUT2D eigenvalue weighted by molar-refractivity contribution is -0.122. The number of methoxy groups -OCH3 is 2. The smallest absolute Gasteiger partial charge is 0.238 e. The maximum Gasteiger partial charge on any atom is 0.238 e. The highest BCUT2D eigenvalue weighted by Gasteiger charge is 2.48. The van der Waals surface area contributed by atoms with Gasteiger partial charge in [0.25, 0.3) is 0 Å². The van der Waals surface area contributed by atoms with E-state index in [9.17, 15) is 9.59 Å². The highest BCUT2D eigenvalue weighted by molar-refractivity contribution is 6.23. The maximum atomic E-state index is 12.6. The van der Waals surface area contributed by atoms with Crippen LogP contribution >= 0.6 is 0 Å². The summed E-state index contributed by atoms with van der Waals surface area (Å²) in [6.07, 6.45) is 5.19. The van der Waals surface area contributed by atoms with E-state index in [2.05, 4.69) is 0 Å². The van der Waals surface area contributed by atoms with Gasteiger partial charge in [-0.05, 0) is 25.0 Å². The highest BCUT2D eigenvalue weighted by atomic mass is 16.5. The summed E-state index contributed by atoms with van der Waals surface area (Å²) in [4.78, 5) is 26.4. The second-order valence-electron chi connectivity index (χ2n) is 5.21. The molecule has 0 spiro atoms. The first-order chi connectivity index (χ1) is 10.2. The normalized spacial score (nSPS) is 24.2. The van der Waals surface area contributed by atoms with Crippen molar-refractivity contribution in [3.05, 3.63) is 30.4 Å². The van der Waals surface area contributed by atoms with E-state index in [1.54, 1.807) is 25.3 Å². The van der Waals surface area contributed by atoms with Gasteiger partial charge in [0.15, 0.2) is 0 Å². The molecule has 2 aliphatic rings. The minimum absolute atomic E-state index is 0.152. The number of fused-ring (bicyclic) bond motifs is 1. The number of rotatable bonds is 3. The number of hydrogen-bond donors (Lipinski definition) is 0. The molecule has 21 heavy (non-hydrogen) atoms. The number of nitrogens with zero attached hydrogens (tertiary/aromatic N) is 1. The monoisotopic (exact) mass is 287 g/mol. The maximum absolute atomic E-state index is 12.6. The topological polar surface area (TPSA) is 55.8 Å². The number of allylic oxidation sites excluding steroid dienone is 2. The van der Waals surface area contributed by atoms with Crippen LogP contribution in [0.4, 0.5) is 5.69 Å². The van der Waals surface area contributed by atoms with Gasteiger partial charge < -0.3 is 9.47 Å². The Morgan fingerprint density at radius 2 is 1.62 bits per heavy atom. The number of carbonyl (C=O) groups is 2. The van der Waals surface area contributed by atoms with Crippen molar-refractivity contribution in [3.8, 4) is 11.5 Å². The molecule has 1 aromatic carbocycles. The fraction of sp³-hybridized carbons (Fsp3) is 0.375. The largest absolute Gasteiger partial charge is 0.497 e. The van der Waals surface area contributed by atoms with E-state index in [1.807, 2.05) is 12.2 Å². The molecule has 2 atom stereocenters. The standard InChI is InChI=1S/C16H17NO4/c1-20-10-7-8-14(21-2)13(9-10)17-15(18)11-5-3-4-6-12(11)16(17)19/h3-4,7-9,11-12H,5-6H2,1-2H3/t11-,12-/m0/s1. The summed E-state index contributed by atoms with van der Waals surface area (Å²) in [5, 5.41) is 0. The van der Waals surface area contributed by atoms with Crippen molar-refractivity contribution < 1.29 is 19.1 Å². The van der Waals surface area contributed by atoms with Gasteiger partial charge in [0, 0.05) is 6.07 Å². The molecule has 0 aromatic heterocycles. The Labute approximate surface area is 123 Å². The minimum atomic E-state index is -0.251. The first-order valence-electron chi connectivity index (χ1n) is 6.92. The van der Waals surface area contributed by atoms with Gasteiger partial charge in [0.05, 0.1) is 31.7 Å². The van der Waals surface area contributed by atoms with Crippen LogP contribution < -0.4 is 14.4 Å². The molecule has 3 rings (SSSR count). The van der Waals surface area contributed by atoms with Gasteiger partial charge >= 0.3 is 0 Å². The molecule has 2 amide bonds. The van der Waals surface area contributed by atoms with E-state index in [-0.39, 0.29) is 23.7 Å². The van der Waals surface area contributed by atoms with E-state index >= 15 is 0 Å². The molecule has 0 bridgehead atoms. The van der Waals surface area contributed by atoms with Gasteiger partial charge in [-0.2, -0.15) is 0 Å². The Kier molecular flexibility index (Phi) is 3.41. The third-order valence-electron chi connectivity index (χ3n) is 4.13. The minimum Gasteiger partial charge on any atom is -0.497 e. The van der Waals surface area contributed by atoms with Crippen molar-refractivity contribution in [2.24, 2.45) is 11.8 Å². The Hall–Kier alpha value is -2.30. The fourth-order valence-electron chi connectivity index (χ4n) is 3.01. The Morgan fingerprint density at radius 3 is 2.14 bits per heavy atom. The molecular formula is C16H17NO4. The Bertz CT molecular complexity index is 597. The van der Waals surface area contributed by atoms with Crippen molar-refractivity contribution in [1.82, 2.24) is 0 Å². The van der Waals surface area contributed by atoms with Crippen molar-refractivity contribution in [2.45, 2.75) is 12.8 Å². The zero-order valence-electron chi connectivity index (χ0n) is 12.0. The summed E-state index contributed by atoms with van der Waals surface area (Å²) in [5.41, 5.74) is 0.459. The summed E-state index contributed by atoms with van der Waals surface area (Å²) >= 11 is 0. The second-order valence-corrected chi connectivity index (χ2v) is 5.21. The predicted octanol–water partition coefficient (Wildman–Crippen LogP) is 2.16. The van der Waals surface area contributed by atoms with Gasteiger partial charge in [0.1, 0.15) is 11.5 Å². The van der Waals surface area contributed by atoms with Gasteiger partial charge in [-0.15, -0.1) is 0 Å². The van der Waals surface area contributed by atoms with Crippen LogP contribution in [0.25, 0.3) is 0 Å². The first-order valence-corrected chi connectivity index (χ1v) is 6.92.